The fourth-order valence-corrected chi connectivity index (χ4v) is 4.20. The van der Waals surface area contributed by atoms with Crippen LogP contribution in [0.5, 0.6) is 0 Å². The molecule has 1 unspecified atom stereocenters. The number of esters is 1. The minimum atomic E-state index is -3.66. The van der Waals surface area contributed by atoms with E-state index in [0.717, 1.165) is 25.7 Å². The van der Waals surface area contributed by atoms with Crippen LogP contribution in [0.4, 0.5) is 0 Å². The van der Waals surface area contributed by atoms with E-state index in [1.165, 1.54) is 24.3 Å². The van der Waals surface area contributed by atoms with Crippen molar-refractivity contribution in [1.82, 2.24) is 9.62 Å². The standard InChI is InChI=1S/C18H26N2O5S/c1-3-15-9-5-6-11-20(15)17(21)13-25-18(22)14-8-7-10-16(12-14)26(23,24)19-4-2/h7-8,10,12,15,19H,3-6,9,11,13H2,1-2H3. The molecule has 1 fully saturated rings. The number of likely N-dealkylation sites (tertiary alicyclic amines) is 1. The third-order valence-electron chi connectivity index (χ3n) is 4.46. The molecule has 8 heteroatoms. The average molecular weight is 382 g/mol. The van der Waals surface area contributed by atoms with E-state index in [1.807, 2.05) is 6.92 Å². The summed E-state index contributed by atoms with van der Waals surface area (Å²) in [5, 5.41) is 0. The van der Waals surface area contributed by atoms with E-state index in [9.17, 15) is 18.0 Å². The summed E-state index contributed by atoms with van der Waals surface area (Å²) < 4.78 is 31.5. The lowest BCUT2D eigenvalue weighted by Gasteiger charge is -2.35. The van der Waals surface area contributed by atoms with E-state index in [4.69, 9.17) is 4.74 Å². The molecule has 1 saturated heterocycles. The molecule has 26 heavy (non-hydrogen) atoms. The summed E-state index contributed by atoms with van der Waals surface area (Å²) in [6.45, 7) is 4.31. The third-order valence-corrected chi connectivity index (χ3v) is 6.00. The maximum Gasteiger partial charge on any atom is 0.338 e. The number of carbonyl (C=O) groups is 2. The Hall–Kier alpha value is -1.93. The van der Waals surface area contributed by atoms with E-state index in [1.54, 1.807) is 11.8 Å². The van der Waals surface area contributed by atoms with Crippen molar-refractivity contribution in [2.75, 3.05) is 19.7 Å². The molecule has 0 aliphatic carbocycles. The van der Waals surface area contributed by atoms with E-state index in [-0.39, 0.29) is 35.6 Å². The summed E-state index contributed by atoms with van der Waals surface area (Å²) in [6.07, 6.45) is 3.92. The molecular formula is C18H26N2O5S. The van der Waals surface area contributed by atoms with Crippen LogP contribution in [0.2, 0.25) is 0 Å². The molecule has 1 aromatic rings. The van der Waals surface area contributed by atoms with Crippen molar-refractivity contribution in [3.8, 4) is 0 Å². The summed E-state index contributed by atoms with van der Waals surface area (Å²) in [4.78, 5) is 26.3. The summed E-state index contributed by atoms with van der Waals surface area (Å²) in [7, 11) is -3.66. The predicted octanol–water partition coefficient (Wildman–Crippen LogP) is 1.93. The van der Waals surface area contributed by atoms with Crippen molar-refractivity contribution in [3.05, 3.63) is 29.8 Å². The zero-order valence-electron chi connectivity index (χ0n) is 15.2. The molecule has 0 saturated carbocycles. The Morgan fingerprint density at radius 1 is 1.27 bits per heavy atom. The topological polar surface area (TPSA) is 92.8 Å². The molecule has 144 valence electrons. The lowest BCUT2D eigenvalue weighted by molar-refractivity contribution is -0.138. The number of piperidine rings is 1. The van der Waals surface area contributed by atoms with Gasteiger partial charge in [0.2, 0.25) is 10.0 Å². The lowest BCUT2D eigenvalue weighted by Crippen LogP contribution is -2.45. The van der Waals surface area contributed by atoms with Crippen LogP contribution < -0.4 is 4.72 Å². The van der Waals surface area contributed by atoms with E-state index < -0.39 is 16.0 Å². The number of nitrogens with zero attached hydrogens (tertiary/aromatic N) is 1. The zero-order chi connectivity index (χ0) is 19.2. The van der Waals surface area contributed by atoms with Gasteiger partial charge in [0.1, 0.15) is 0 Å². The highest BCUT2D eigenvalue weighted by Gasteiger charge is 2.26. The number of carbonyl (C=O) groups excluding carboxylic acids is 2. The molecular weight excluding hydrogens is 356 g/mol. The van der Waals surface area contributed by atoms with Gasteiger partial charge in [-0.2, -0.15) is 0 Å². The molecule has 1 aromatic carbocycles. The van der Waals surface area contributed by atoms with Gasteiger partial charge in [0.15, 0.2) is 6.61 Å². The van der Waals surface area contributed by atoms with Crippen LogP contribution >= 0.6 is 0 Å². The molecule has 0 radical (unpaired) electrons. The fourth-order valence-electron chi connectivity index (χ4n) is 3.11. The quantitative estimate of drug-likeness (QED) is 0.728. The van der Waals surface area contributed by atoms with Gasteiger partial charge < -0.3 is 9.64 Å². The van der Waals surface area contributed by atoms with Gasteiger partial charge in [-0.15, -0.1) is 0 Å². The maximum absolute atomic E-state index is 12.4. The minimum Gasteiger partial charge on any atom is -0.452 e. The Labute approximate surface area is 154 Å². The van der Waals surface area contributed by atoms with E-state index in [2.05, 4.69) is 4.72 Å². The Morgan fingerprint density at radius 3 is 2.73 bits per heavy atom. The first-order valence-electron chi connectivity index (χ1n) is 8.95. The van der Waals surface area contributed by atoms with Gasteiger partial charge in [0, 0.05) is 19.1 Å². The molecule has 0 bridgehead atoms. The fraction of sp³-hybridized carbons (Fsp3) is 0.556. The summed E-state index contributed by atoms with van der Waals surface area (Å²) >= 11 is 0. The molecule has 0 spiro atoms. The van der Waals surface area contributed by atoms with Gasteiger partial charge >= 0.3 is 5.97 Å². The van der Waals surface area contributed by atoms with Gasteiger partial charge in [-0.3, -0.25) is 4.79 Å². The lowest BCUT2D eigenvalue weighted by atomic mass is 10.00. The minimum absolute atomic E-state index is 0.0118. The van der Waals surface area contributed by atoms with Crippen molar-refractivity contribution in [2.24, 2.45) is 0 Å². The first kappa shape index (κ1) is 20.4. The second kappa shape index (κ2) is 9.14. The van der Waals surface area contributed by atoms with Gasteiger partial charge in [0.25, 0.3) is 5.91 Å². The second-order valence-corrected chi connectivity index (χ2v) is 8.02. The molecule has 1 amide bonds. The first-order chi connectivity index (χ1) is 12.4. The number of hydrogen-bond donors (Lipinski definition) is 1. The Morgan fingerprint density at radius 2 is 2.04 bits per heavy atom. The van der Waals surface area contributed by atoms with Gasteiger partial charge in [-0.25, -0.2) is 17.9 Å². The Kier molecular flexibility index (Phi) is 7.16. The maximum atomic E-state index is 12.4. The number of nitrogens with one attached hydrogen (secondary N) is 1. The number of hydrogen-bond acceptors (Lipinski definition) is 5. The molecule has 1 atom stereocenters. The van der Waals surface area contributed by atoms with Crippen LogP contribution in [0.1, 0.15) is 49.9 Å². The molecule has 1 heterocycles. The molecule has 7 nitrogen and oxygen atoms in total. The molecule has 1 aliphatic rings. The van der Waals surface area contributed by atoms with Crippen LogP contribution in [-0.4, -0.2) is 50.9 Å². The SMILES string of the molecule is CCNS(=O)(=O)c1cccc(C(=O)OCC(=O)N2CCCCC2CC)c1. The largest absolute Gasteiger partial charge is 0.452 e. The van der Waals surface area contributed by atoms with Gasteiger partial charge in [-0.1, -0.05) is 19.9 Å². The van der Waals surface area contributed by atoms with Crippen LogP contribution in [0.25, 0.3) is 0 Å². The molecule has 2 rings (SSSR count). The zero-order valence-corrected chi connectivity index (χ0v) is 16.0. The third kappa shape index (κ3) is 5.04. The van der Waals surface area contributed by atoms with Crippen LogP contribution in [0.3, 0.4) is 0 Å². The first-order valence-corrected chi connectivity index (χ1v) is 10.4. The van der Waals surface area contributed by atoms with Crippen molar-refractivity contribution < 1.29 is 22.7 Å². The Balaban J connectivity index is 2.01. The van der Waals surface area contributed by atoms with Crippen LogP contribution in [0.15, 0.2) is 29.2 Å². The highest BCUT2D eigenvalue weighted by Crippen LogP contribution is 2.19. The van der Waals surface area contributed by atoms with Crippen molar-refractivity contribution in [1.29, 1.82) is 0 Å². The Bertz CT molecular complexity index is 748. The van der Waals surface area contributed by atoms with Gasteiger partial charge in [0.05, 0.1) is 10.5 Å². The number of ether oxygens (including phenoxy) is 1. The summed E-state index contributed by atoms with van der Waals surface area (Å²) in [5.74, 6) is -0.918. The smallest absolute Gasteiger partial charge is 0.338 e. The predicted molar refractivity (Wildman–Crippen MR) is 97.2 cm³/mol. The second-order valence-electron chi connectivity index (χ2n) is 6.25. The number of rotatable bonds is 7. The van der Waals surface area contributed by atoms with Gasteiger partial charge in [-0.05, 0) is 43.9 Å². The monoisotopic (exact) mass is 382 g/mol. The highest BCUT2D eigenvalue weighted by molar-refractivity contribution is 7.89. The van der Waals surface area contributed by atoms with Crippen molar-refractivity contribution in [2.45, 2.75) is 50.5 Å². The number of amides is 1. The van der Waals surface area contributed by atoms with Crippen molar-refractivity contribution >= 4 is 21.9 Å². The van der Waals surface area contributed by atoms with E-state index in [0.29, 0.717) is 6.54 Å². The normalized spacial score (nSPS) is 17.8. The van der Waals surface area contributed by atoms with E-state index >= 15 is 0 Å². The molecule has 1 aliphatic heterocycles. The molecule has 0 aromatic heterocycles. The molecule has 1 N–H and O–H groups in total. The number of benzene rings is 1. The van der Waals surface area contributed by atoms with Crippen LogP contribution in [0, 0.1) is 0 Å². The van der Waals surface area contributed by atoms with Crippen LogP contribution in [-0.2, 0) is 19.6 Å². The van der Waals surface area contributed by atoms with Crippen molar-refractivity contribution in [3.63, 3.8) is 0 Å². The number of sulfonamides is 1. The highest BCUT2D eigenvalue weighted by atomic mass is 32.2. The average Bonchev–Trinajstić information content (AvgIpc) is 2.65. The summed E-state index contributed by atoms with van der Waals surface area (Å²) in [5.41, 5.74) is 0.0995. The summed E-state index contributed by atoms with van der Waals surface area (Å²) in [6, 6.07) is 5.79.